The molecule has 17 heavy (non-hydrogen) atoms. The monoisotopic (exact) mass is 234 g/mol. The molecule has 0 bridgehead atoms. The van der Waals surface area contributed by atoms with Gasteiger partial charge in [0.15, 0.2) is 0 Å². The molecule has 2 N–H and O–H groups in total. The molecule has 0 unspecified atom stereocenters. The van der Waals surface area contributed by atoms with Crippen molar-refractivity contribution in [2.24, 2.45) is 0 Å². The summed E-state index contributed by atoms with van der Waals surface area (Å²) < 4.78 is 13.5. The van der Waals surface area contributed by atoms with Gasteiger partial charge >= 0.3 is 5.97 Å². The van der Waals surface area contributed by atoms with Crippen molar-refractivity contribution in [2.45, 2.75) is 6.54 Å². The Balaban J connectivity index is 2.28. The van der Waals surface area contributed by atoms with Crippen molar-refractivity contribution in [2.75, 3.05) is 6.54 Å². The van der Waals surface area contributed by atoms with Crippen molar-refractivity contribution in [1.29, 1.82) is 0 Å². The summed E-state index contributed by atoms with van der Waals surface area (Å²) in [5.41, 5.74) is 1.34. The van der Waals surface area contributed by atoms with E-state index in [4.69, 9.17) is 5.11 Å². The number of nitrogens with one attached hydrogen (secondary N) is 1. The van der Waals surface area contributed by atoms with E-state index in [1.165, 1.54) is 6.07 Å². The third-order valence-electron chi connectivity index (χ3n) is 2.39. The summed E-state index contributed by atoms with van der Waals surface area (Å²) in [4.78, 5) is 14.5. The van der Waals surface area contributed by atoms with Crippen molar-refractivity contribution < 1.29 is 14.3 Å². The second-order valence-electron chi connectivity index (χ2n) is 3.60. The number of carbonyl (C=O) groups is 1. The molecule has 1 aromatic carbocycles. The summed E-state index contributed by atoms with van der Waals surface area (Å²) in [5.74, 6) is -1.25. The van der Waals surface area contributed by atoms with Gasteiger partial charge in [-0.1, -0.05) is 6.07 Å². The predicted octanol–water partition coefficient (Wildman–Crippen LogP) is 1.55. The maximum atomic E-state index is 13.5. The Kier molecular flexibility index (Phi) is 3.30. The quantitative estimate of drug-likeness (QED) is 0.842. The Hall–Kier alpha value is -2.01. The van der Waals surface area contributed by atoms with Crippen molar-refractivity contribution in [3.05, 3.63) is 41.8 Å². The number of aliphatic carboxylic acids is 1. The van der Waals surface area contributed by atoms with Crippen LogP contribution in [-0.4, -0.2) is 22.6 Å². The maximum absolute atomic E-state index is 13.5. The summed E-state index contributed by atoms with van der Waals surface area (Å²) in [7, 11) is 0. The minimum Gasteiger partial charge on any atom is -0.480 e. The second kappa shape index (κ2) is 4.88. The van der Waals surface area contributed by atoms with E-state index in [1.807, 2.05) is 0 Å². The van der Waals surface area contributed by atoms with Gasteiger partial charge in [-0.25, -0.2) is 4.39 Å². The van der Waals surface area contributed by atoms with Gasteiger partial charge in [0, 0.05) is 18.1 Å². The number of nitrogens with zero attached hydrogens (tertiary/aromatic N) is 1. The fourth-order valence-corrected chi connectivity index (χ4v) is 1.64. The summed E-state index contributed by atoms with van der Waals surface area (Å²) >= 11 is 0. The summed E-state index contributed by atoms with van der Waals surface area (Å²) in [6.07, 6.45) is 1.59. The third kappa shape index (κ3) is 2.57. The average Bonchev–Trinajstić information content (AvgIpc) is 2.32. The topological polar surface area (TPSA) is 62.2 Å². The highest BCUT2D eigenvalue weighted by molar-refractivity contribution is 5.82. The van der Waals surface area contributed by atoms with Crippen LogP contribution in [0.1, 0.15) is 5.56 Å². The molecular formula is C12H11FN2O2. The van der Waals surface area contributed by atoms with Crippen molar-refractivity contribution >= 4 is 16.9 Å². The van der Waals surface area contributed by atoms with Crippen LogP contribution in [0.25, 0.3) is 10.9 Å². The van der Waals surface area contributed by atoms with Crippen LogP contribution in [0, 0.1) is 5.82 Å². The number of benzene rings is 1. The zero-order valence-corrected chi connectivity index (χ0v) is 8.98. The average molecular weight is 234 g/mol. The Morgan fingerprint density at radius 1 is 1.41 bits per heavy atom. The first-order valence-electron chi connectivity index (χ1n) is 5.13. The number of rotatable bonds is 4. The van der Waals surface area contributed by atoms with Crippen LogP contribution < -0.4 is 5.32 Å². The van der Waals surface area contributed by atoms with Crippen LogP contribution in [-0.2, 0) is 11.3 Å². The molecule has 88 valence electrons. The molecule has 0 saturated carbocycles. The largest absolute Gasteiger partial charge is 0.480 e. The second-order valence-corrected chi connectivity index (χ2v) is 3.60. The van der Waals surface area contributed by atoms with Crippen molar-refractivity contribution in [3.63, 3.8) is 0 Å². The highest BCUT2D eigenvalue weighted by atomic mass is 19.1. The molecule has 1 heterocycles. The lowest BCUT2D eigenvalue weighted by molar-refractivity contribution is -0.135. The van der Waals surface area contributed by atoms with Crippen LogP contribution in [0.15, 0.2) is 30.5 Å². The fraction of sp³-hybridized carbons (Fsp3) is 0.167. The minimum absolute atomic E-state index is 0.133. The maximum Gasteiger partial charge on any atom is 0.317 e. The highest BCUT2D eigenvalue weighted by Gasteiger charge is 2.06. The van der Waals surface area contributed by atoms with Gasteiger partial charge in [-0.2, -0.15) is 0 Å². The zero-order chi connectivity index (χ0) is 12.3. The molecule has 4 nitrogen and oxygen atoms in total. The molecule has 1 aromatic heterocycles. The van der Waals surface area contributed by atoms with Gasteiger partial charge in [-0.15, -0.1) is 0 Å². The van der Waals surface area contributed by atoms with Gasteiger partial charge in [-0.3, -0.25) is 9.78 Å². The number of pyridine rings is 1. The number of halogens is 1. The molecule has 0 spiro atoms. The minimum atomic E-state index is -0.927. The number of hydrogen-bond acceptors (Lipinski definition) is 3. The van der Waals surface area contributed by atoms with E-state index in [9.17, 15) is 9.18 Å². The van der Waals surface area contributed by atoms with Crippen molar-refractivity contribution in [3.8, 4) is 0 Å². The van der Waals surface area contributed by atoms with Gasteiger partial charge in [0.25, 0.3) is 0 Å². The van der Waals surface area contributed by atoms with E-state index in [-0.39, 0.29) is 12.4 Å². The lowest BCUT2D eigenvalue weighted by Crippen LogP contribution is -2.22. The lowest BCUT2D eigenvalue weighted by atomic mass is 10.1. The first-order valence-corrected chi connectivity index (χ1v) is 5.13. The smallest absolute Gasteiger partial charge is 0.317 e. The molecule has 0 fully saturated rings. The normalized spacial score (nSPS) is 10.6. The molecule has 0 saturated heterocycles. The Labute approximate surface area is 97.1 Å². The van der Waals surface area contributed by atoms with Crippen LogP contribution in [0.4, 0.5) is 4.39 Å². The molecule has 2 rings (SSSR count). The molecule has 0 aliphatic rings. The SMILES string of the molecule is O=C(O)CNCc1ccc(F)c2cccnc12. The molecule has 0 aliphatic carbocycles. The third-order valence-corrected chi connectivity index (χ3v) is 2.39. The summed E-state index contributed by atoms with van der Waals surface area (Å²) in [6.45, 7) is 0.214. The van der Waals surface area contributed by atoms with Crippen LogP contribution in [0.2, 0.25) is 0 Å². The molecular weight excluding hydrogens is 223 g/mol. The van der Waals surface area contributed by atoms with E-state index in [2.05, 4.69) is 10.3 Å². The van der Waals surface area contributed by atoms with E-state index in [0.29, 0.717) is 17.4 Å². The highest BCUT2D eigenvalue weighted by Crippen LogP contribution is 2.19. The van der Waals surface area contributed by atoms with Crippen LogP contribution >= 0.6 is 0 Å². The number of carboxylic acids is 1. The molecule has 5 heteroatoms. The standard InChI is InChI=1S/C12H11FN2O2/c13-10-4-3-8(6-14-7-11(16)17)12-9(10)2-1-5-15-12/h1-5,14H,6-7H2,(H,16,17). The Morgan fingerprint density at radius 3 is 3.00 bits per heavy atom. The number of aromatic nitrogens is 1. The van der Waals surface area contributed by atoms with Crippen molar-refractivity contribution in [1.82, 2.24) is 10.3 Å². The van der Waals surface area contributed by atoms with E-state index >= 15 is 0 Å². The van der Waals surface area contributed by atoms with Gasteiger partial charge < -0.3 is 10.4 Å². The van der Waals surface area contributed by atoms with Gasteiger partial charge in [-0.05, 0) is 23.8 Å². The van der Waals surface area contributed by atoms with Crippen LogP contribution in [0.3, 0.4) is 0 Å². The summed E-state index contributed by atoms with van der Waals surface area (Å²) in [6, 6.07) is 6.29. The number of fused-ring (bicyclic) bond motifs is 1. The summed E-state index contributed by atoms with van der Waals surface area (Å²) in [5, 5.41) is 11.7. The fourth-order valence-electron chi connectivity index (χ4n) is 1.64. The Bertz CT molecular complexity index is 557. The zero-order valence-electron chi connectivity index (χ0n) is 8.98. The van der Waals surface area contributed by atoms with E-state index in [0.717, 1.165) is 5.56 Å². The van der Waals surface area contributed by atoms with Gasteiger partial charge in [0.1, 0.15) is 5.82 Å². The lowest BCUT2D eigenvalue weighted by Gasteiger charge is -2.06. The number of hydrogen-bond donors (Lipinski definition) is 2. The van der Waals surface area contributed by atoms with Gasteiger partial charge in [0.05, 0.1) is 12.1 Å². The molecule has 2 aromatic rings. The van der Waals surface area contributed by atoms with Crippen LogP contribution in [0.5, 0.6) is 0 Å². The first kappa shape index (κ1) is 11.5. The molecule has 0 amide bonds. The van der Waals surface area contributed by atoms with E-state index < -0.39 is 5.97 Å². The molecule has 0 atom stereocenters. The number of carboxylic acid groups (broad SMARTS) is 1. The predicted molar refractivity (Wildman–Crippen MR) is 61.0 cm³/mol. The molecule has 0 radical (unpaired) electrons. The first-order chi connectivity index (χ1) is 8.18. The Morgan fingerprint density at radius 2 is 2.24 bits per heavy atom. The molecule has 0 aliphatic heterocycles. The van der Waals surface area contributed by atoms with Gasteiger partial charge in [0.2, 0.25) is 0 Å². The van der Waals surface area contributed by atoms with E-state index in [1.54, 1.807) is 24.4 Å².